The number of rotatable bonds is 7. The fraction of sp³-hybridized carbons (Fsp3) is 0.533. The van der Waals surface area contributed by atoms with Crippen molar-refractivity contribution in [1.82, 2.24) is 10.4 Å². The van der Waals surface area contributed by atoms with Gasteiger partial charge in [-0.25, -0.2) is 19.0 Å². The number of nitrogens with one attached hydrogen (secondary N) is 1. The van der Waals surface area contributed by atoms with Crippen LogP contribution in [-0.2, 0) is 14.9 Å². The van der Waals surface area contributed by atoms with Gasteiger partial charge >= 0.3 is 0 Å². The van der Waals surface area contributed by atoms with E-state index in [2.05, 4.69) is 17.3 Å². The molecule has 1 aromatic carbocycles. The smallest absolute Gasteiger partial charge is 0.274 e. The Labute approximate surface area is 136 Å². The first kappa shape index (κ1) is 17.9. The van der Waals surface area contributed by atoms with Gasteiger partial charge in [-0.2, -0.15) is 0 Å². The summed E-state index contributed by atoms with van der Waals surface area (Å²) in [5.41, 5.74) is 2.53. The molecule has 23 heavy (non-hydrogen) atoms. The van der Waals surface area contributed by atoms with Gasteiger partial charge in [-0.15, -0.1) is 0 Å². The third kappa shape index (κ3) is 5.00. The van der Waals surface area contributed by atoms with Crippen LogP contribution in [0.5, 0.6) is 0 Å². The lowest BCUT2D eigenvalue weighted by Crippen LogP contribution is -2.32. The van der Waals surface area contributed by atoms with E-state index in [1.165, 1.54) is 30.7 Å². The highest BCUT2D eigenvalue weighted by Crippen LogP contribution is 2.19. The van der Waals surface area contributed by atoms with E-state index in [4.69, 9.17) is 9.98 Å². The van der Waals surface area contributed by atoms with E-state index in [9.17, 15) is 13.2 Å². The van der Waals surface area contributed by atoms with Crippen LogP contribution in [0.3, 0.4) is 0 Å². The number of hydrogen-bond donors (Lipinski definition) is 2. The third-order valence-electron chi connectivity index (χ3n) is 4.05. The highest BCUT2D eigenvalue weighted by Gasteiger charge is 2.22. The summed E-state index contributed by atoms with van der Waals surface area (Å²) >= 11 is 0. The van der Waals surface area contributed by atoms with Crippen LogP contribution >= 0.6 is 0 Å². The third-order valence-corrected chi connectivity index (χ3v) is 4.96. The van der Waals surface area contributed by atoms with Gasteiger partial charge < -0.3 is 4.90 Å². The number of nitrogens with two attached hydrogens (primary N) is 1. The predicted molar refractivity (Wildman–Crippen MR) is 86.1 cm³/mol. The molecule has 1 saturated heterocycles. The SMILES string of the molecule is CCN1CCCC1CCONC(=O)c1cccc(S(N)(=O)=O)c1. The summed E-state index contributed by atoms with van der Waals surface area (Å²) in [6.45, 7) is 4.70. The van der Waals surface area contributed by atoms with Crippen molar-refractivity contribution in [3.63, 3.8) is 0 Å². The van der Waals surface area contributed by atoms with Gasteiger partial charge in [-0.05, 0) is 50.6 Å². The van der Waals surface area contributed by atoms with Crippen molar-refractivity contribution in [2.45, 2.75) is 37.1 Å². The number of benzene rings is 1. The lowest BCUT2D eigenvalue weighted by molar-refractivity contribution is 0.0243. The summed E-state index contributed by atoms with van der Waals surface area (Å²) in [5, 5.41) is 5.05. The Kier molecular flexibility index (Phi) is 6.11. The zero-order valence-corrected chi connectivity index (χ0v) is 14.0. The minimum absolute atomic E-state index is 0.102. The molecule has 0 aliphatic carbocycles. The normalized spacial score (nSPS) is 19.0. The maximum absolute atomic E-state index is 12.0. The Morgan fingerprint density at radius 2 is 2.26 bits per heavy atom. The Hall–Kier alpha value is -1.48. The second-order valence-corrected chi connectivity index (χ2v) is 7.13. The molecule has 1 fully saturated rings. The molecule has 7 nitrogen and oxygen atoms in total. The van der Waals surface area contributed by atoms with Crippen molar-refractivity contribution in [3.05, 3.63) is 29.8 Å². The van der Waals surface area contributed by atoms with E-state index in [0.29, 0.717) is 12.6 Å². The number of sulfonamides is 1. The number of carbonyl (C=O) groups is 1. The molecule has 1 atom stereocenters. The van der Waals surface area contributed by atoms with E-state index < -0.39 is 15.9 Å². The lowest BCUT2D eigenvalue weighted by Gasteiger charge is -2.22. The standard InChI is InChI=1S/C15H23N3O4S/c1-2-18-9-4-6-13(18)8-10-22-17-15(19)12-5-3-7-14(11-12)23(16,20)21/h3,5,7,11,13H,2,4,6,8-10H2,1H3,(H,17,19)(H2,16,20,21). The number of carbonyl (C=O) groups excluding carboxylic acids is 1. The maximum atomic E-state index is 12.0. The minimum Gasteiger partial charge on any atom is -0.301 e. The van der Waals surface area contributed by atoms with Gasteiger partial charge in [-0.1, -0.05) is 13.0 Å². The molecular formula is C15H23N3O4S. The van der Waals surface area contributed by atoms with Crippen molar-refractivity contribution in [1.29, 1.82) is 0 Å². The molecule has 1 amide bonds. The number of hydroxylamine groups is 1. The monoisotopic (exact) mass is 341 g/mol. The van der Waals surface area contributed by atoms with Crippen LogP contribution < -0.4 is 10.6 Å². The van der Waals surface area contributed by atoms with E-state index in [1.54, 1.807) is 0 Å². The molecule has 1 heterocycles. The quantitative estimate of drug-likeness (QED) is 0.566. The first-order valence-corrected chi connectivity index (χ1v) is 9.25. The molecule has 1 unspecified atom stereocenters. The summed E-state index contributed by atoms with van der Waals surface area (Å²) < 4.78 is 22.6. The van der Waals surface area contributed by atoms with Gasteiger partial charge in [0.2, 0.25) is 10.0 Å². The van der Waals surface area contributed by atoms with Crippen molar-refractivity contribution < 1.29 is 18.0 Å². The summed E-state index contributed by atoms with van der Waals surface area (Å²) in [7, 11) is -3.83. The van der Waals surface area contributed by atoms with Gasteiger partial charge in [0.15, 0.2) is 0 Å². The molecule has 8 heteroatoms. The zero-order valence-electron chi connectivity index (χ0n) is 13.2. The lowest BCUT2D eigenvalue weighted by atomic mass is 10.1. The number of hydrogen-bond acceptors (Lipinski definition) is 5. The number of nitrogens with zero attached hydrogens (tertiary/aromatic N) is 1. The number of likely N-dealkylation sites (tertiary alicyclic amines) is 1. The molecule has 0 radical (unpaired) electrons. The highest BCUT2D eigenvalue weighted by atomic mass is 32.2. The minimum atomic E-state index is -3.83. The summed E-state index contributed by atoms with van der Waals surface area (Å²) in [6, 6.07) is 6.04. The van der Waals surface area contributed by atoms with Crippen LogP contribution in [0.15, 0.2) is 29.2 Å². The van der Waals surface area contributed by atoms with Crippen LogP contribution in [0.4, 0.5) is 0 Å². The summed E-state index contributed by atoms with van der Waals surface area (Å²) in [4.78, 5) is 19.5. The van der Waals surface area contributed by atoms with Crippen LogP contribution in [0.2, 0.25) is 0 Å². The largest absolute Gasteiger partial charge is 0.301 e. The van der Waals surface area contributed by atoms with Crippen molar-refractivity contribution in [2.24, 2.45) is 5.14 Å². The predicted octanol–water partition coefficient (Wildman–Crippen LogP) is 0.870. The van der Waals surface area contributed by atoms with Crippen LogP contribution in [0.1, 0.15) is 36.5 Å². The fourth-order valence-electron chi connectivity index (χ4n) is 2.82. The Bertz CT molecular complexity index is 648. The van der Waals surface area contributed by atoms with Crippen molar-refractivity contribution >= 4 is 15.9 Å². The van der Waals surface area contributed by atoms with Gasteiger partial charge in [-0.3, -0.25) is 9.63 Å². The Balaban J connectivity index is 1.81. The second kappa shape index (κ2) is 7.87. The molecule has 3 N–H and O–H groups in total. The molecule has 0 aromatic heterocycles. The van der Waals surface area contributed by atoms with Crippen LogP contribution in [-0.4, -0.2) is 45.0 Å². The van der Waals surface area contributed by atoms with Crippen molar-refractivity contribution in [3.8, 4) is 0 Å². The Morgan fingerprint density at radius 1 is 1.48 bits per heavy atom. The number of amides is 1. The van der Waals surface area contributed by atoms with E-state index in [-0.39, 0.29) is 10.5 Å². The van der Waals surface area contributed by atoms with E-state index >= 15 is 0 Å². The van der Waals surface area contributed by atoms with Crippen molar-refractivity contribution in [2.75, 3.05) is 19.7 Å². The molecule has 0 bridgehead atoms. The van der Waals surface area contributed by atoms with Gasteiger partial charge in [0.05, 0.1) is 11.5 Å². The molecule has 1 aliphatic rings. The first-order chi connectivity index (χ1) is 10.9. The molecular weight excluding hydrogens is 318 g/mol. The highest BCUT2D eigenvalue weighted by molar-refractivity contribution is 7.89. The molecule has 128 valence electrons. The average Bonchev–Trinajstić information content (AvgIpc) is 2.98. The summed E-state index contributed by atoms with van der Waals surface area (Å²) in [5.74, 6) is -0.491. The van der Waals surface area contributed by atoms with Gasteiger partial charge in [0.25, 0.3) is 5.91 Å². The van der Waals surface area contributed by atoms with E-state index in [0.717, 1.165) is 25.9 Å². The van der Waals surface area contributed by atoms with Gasteiger partial charge in [0, 0.05) is 11.6 Å². The molecule has 1 aromatic rings. The first-order valence-electron chi connectivity index (χ1n) is 7.71. The summed E-state index contributed by atoms with van der Waals surface area (Å²) in [6.07, 6.45) is 3.21. The average molecular weight is 341 g/mol. The van der Waals surface area contributed by atoms with Crippen LogP contribution in [0.25, 0.3) is 0 Å². The second-order valence-electron chi connectivity index (χ2n) is 5.57. The number of primary sulfonamides is 1. The molecule has 0 spiro atoms. The zero-order chi connectivity index (χ0) is 16.9. The Morgan fingerprint density at radius 3 is 2.96 bits per heavy atom. The van der Waals surface area contributed by atoms with E-state index in [1.807, 2.05) is 0 Å². The maximum Gasteiger partial charge on any atom is 0.274 e. The molecule has 0 saturated carbocycles. The molecule has 1 aliphatic heterocycles. The van der Waals surface area contributed by atoms with Crippen LogP contribution in [0, 0.1) is 0 Å². The fourth-order valence-corrected chi connectivity index (χ4v) is 3.38. The molecule has 2 rings (SSSR count). The van der Waals surface area contributed by atoms with Gasteiger partial charge in [0.1, 0.15) is 0 Å². The topological polar surface area (TPSA) is 102 Å².